The lowest BCUT2D eigenvalue weighted by Gasteiger charge is -2.44. The van der Waals surface area contributed by atoms with Crippen LogP contribution in [-0.4, -0.2) is 35.2 Å². The van der Waals surface area contributed by atoms with E-state index in [1.807, 2.05) is 6.92 Å². The van der Waals surface area contributed by atoms with Crippen LogP contribution in [0.2, 0.25) is 0 Å². The smallest absolute Gasteiger partial charge is 0.331 e. The second-order valence-electron chi connectivity index (χ2n) is 6.32. The van der Waals surface area contributed by atoms with Crippen molar-refractivity contribution in [2.45, 2.75) is 39.9 Å². The van der Waals surface area contributed by atoms with Gasteiger partial charge in [-0.05, 0) is 18.8 Å². The molecule has 1 saturated heterocycles. The molecule has 1 aliphatic heterocycles. The quantitative estimate of drug-likeness (QED) is 0.898. The summed E-state index contributed by atoms with van der Waals surface area (Å²) in [5, 5.41) is 3.51. The van der Waals surface area contributed by atoms with Crippen LogP contribution in [0.1, 0.15) is 30.2 Å². The fourth-order valence-corrected chi connectivity index (χ4v) is 3.61. The zero-order valence-electron chi connectivity index (χ0n) is 12.8. The molecule has 1 atom stereocenters. The molecule has 0 saturated carbocycles. The number of aromatic nitrogens is 1. The number of amides is 2. The SMILES string of the molecule is Cc1cnc(CNC(=O)N2CC[C@@H](C(F)(F)F)C(C)(C)C2)s1. The van der Waals surface area contributed by atoms with E-state index in [4.69, 9.17) is 0 Å². The molecule has 8 heteroatoms. The molecule has 2 heterocycles. The van der Waals surface area contributed by atoms with Gasteiger partial charge in [-0.25, -0.2) is 9.78 Å². The van der Waals surface area contributed by atoms with Gasteiger partial charge in [-0.1, -0.05) is 13.8 Å². The Morgan fingerprint density at radius 1 is 1.55 bits per heavy atom. The van der Waals surface area contributed by atoms with Crippen molar-refractivity contribution in [3.63, 3.8) is 0 Å². The summed E-state index contributed by atoms with van der Waals surface area (Å²) in [5.74, 6) is -1.37. The van der Waals surface area contributed by atoms with Crippen LogP contribution in [0, 0.1) is 18.3 Å². The predicted octanol–water partition coefficient (Wildman–Crippen LogP) is 3.57. The summed E-state index contributed by atoms with van der Waals surface area (Å²) in [6.45, 7) is 5.57. The monoisotopic (exact) mass is 335 g/mol. The molecule has 1 aromatic heterocycles. The lowest BCUT2D eigenvalue weighted by Crippen LogP contribution is -2.54. The van der Waals surface area contributed by atoms with Gasteiger partial charge in [0.15, 0.2) is 0 Å². The minimum atomic E-state index is -4.22. The number of carbonyl (C=O) groups excluding carboxylic acids is 1. The zero-order valence-corrected chi connectivity index (χ0v) is 13.6. The van der Waals surface area contributed by atoms with Crippen molar-refractivity contribution in [2.75, 3.05) is 13.1 Å². The minimum Gasteiger partial charge on any atom is -0.331 e. The first-order valence-corrected chi connectivity index (χ1v) is 7.92. The van der Waals surface area contributed by atoms with Gasteiger partial charge in [0.05, 0.1) is 12.5 Å². The van der Waals surface area contributed by atoms with Gasteiger partial charge in [-0.2, -0.15) is 13.2 Å². The first-order chi connectivity index (χ1) is 10.1. The highest BCUT2D eigenvalue weighted by atomic mass is 32.1. The number of urea groups is 1. The van der Waals surface area contributed by atoms with E-state index in [1.54, 1.807) is 20.0 Å². The van der Waals surface area contributed by atoms with Crippen LogP contribution in [0.3, 0.4) is 0 Å². The van der Waals surface area contributed by atoms with Gasteiger partial charge in [-0.15, -0.1) is 11.3 Å². The molecular formula is C14H20F3N3OS. The highest BCUT2D eigenvalue weighted by Gasteiger charge is 2.51. The number of likely N-dealkylation sites (tertiary alicyclic amines) is 1. The highest BCUT2D eigenvalue weighted by molar-refractivity contribution is 7.11. The van der Waals surface area contributed by atoms with Crippen molar-refractivity contribution < 1.29 is 18.0 Å². The average molecular weight is 335 g/mol. The van der Waals surface area contributed by atoms with Crippen molar-refractivity contribution >= 4 is 17.4 Å². The van der Waals surface area contributed by atoms with Crippen LogP contribution in [0.15, 0.2) is 6.20 Å². The lowest BCUT2D eigenvalue weighted by molar-refractivity contribution is -0.214. The van der Waals surface area contributed by atoms with Crippen molar-refractivity contribution in [3.05, 3.63) is 16.1 Å². The average Bonchev–Trinajstić information content (AvgIpc) is 2.79. The molecule has 22 heavy (non-hydrogen) atoms. The highest BCUT2D eigenvalue weighted by Crippen LogP contribution is 2.44. The molecule has 0 unspecified atom stereocenters. The van der Waals surface area contributed by atoms with E-state index in [0.717, 1.165) is 9.88 Å². The number of alkyl halides is 3. The normalized spacial score (nSPS) is 21.7. The Morgan fingerprint density at radius 3 is 2.73 bits per heavy atom. The fourth-order valence-electron chi connectivity index (χ4n) is 2.88. The van der Waals surface area contributed by atoms with E-state index >= 15 is 0 Å². The Labute approximate surface area is 131 Å². The number of rotatable bonds is 2. The van der Waals surface area contributed by atoms with Crippen molar-refractivity contribution in [1.29, 1.82) is 0 Å². The number of nitrogens with one attached hydrogen (secondary N) is 1. The van der Waals surface area contributed by atoms with Gasteiger partial charge in [0, 0.05) is 24.2 Å². The van der Waals surface area contributed by atoms with Gasteiger partial charge in [0.2, 0.25) is 0 Å². The Balaban J connectivity index is 1.92. The van der Waals surface area contributed by atoms with Crippen LogP contribution >= 0.6 is 11.3 Å². The number of hydrogen-bond donors (Lipinski definition) is 1. The molecule has 0 aromatic carbocycles. The number of halogens is 3. The standard InChI is InChI=1S/C14H20F3N3OS/c1-9-6-18-11(22-9)7-19-12(21)20-5-4-10(14(15,16)17)13(2,3)8-20/h6,10H,4-5,7-8H2,1-3H3,(H,19,21)/t10-/m1/s1. The third-order valence-corrected chi connectivity index (χ3v) is 4.88. The predicted molar refractivity (Wildman–Crippen MR) is 78.6 cm³/mol. The maximum atomic E-state index is 13.0. The van der Waals surface area contributed by atoms with E-state index in [1.165, 1.54) is 16.2 Å². The molecule has 124 valence electrons. The molecule has 1 N–H and O–H groups in total. The van der Waals surface area contributed by atoms with E-state index in [2.05, 4.69) is 10.3 Å². The maximum Gasteiger partial charge on any atom is 0.392 e. The second-order valence-corrected chi connectivity index (χ2v) is 7.64. The van der Waals surface area contributed by atoms with Gasteiger partial charge < -0.3 is 10.2 Å². The van der Waals surface area contributed by atoms with Crippen LogP contribution in [0.4, 0.5) is 18.0 Å². The summed E-state index contributed by atoms with van der Waals surface area (Å²) in [6, 6.07) is -0.332. The number of piperidine rings is 1. The Kier molecular flexibility index (Phi) is 4.70. The van der Waals surface area contributed by atoms with E-state index in [-0.39, 0.29) is 25.5 Å². The number of aryl methyl sites for hydroxylation is 1. The van der Waals surface area contributed by atoms with Gasteiger partial charge in [0.25, 0.3) is 0 Å². The summed E-state index contributed by atoms with van der Waals surface area (Å²) in [7, 11) is 0. The van der Waals surface area contributed by atoms with Crippen LogP contribution < -0.4 is 5.32 Å². The first kappa shape index (κ1) is 17.1. The fraction of sp³-hybridized carbons (Fsp3) is 0.714. The van der Waals surface area contributed by atoms with Crippen molar-refractivity contribution in [1.82, 2.24) is 15.2 Å². The van der Waals surface area contributed by atoms with Crippen molar-refractivity contribution in [3.8, 4) is 0 Å². The molecule has 2 rings (SSSR count). The van der Waals surface area contributed by atoms with Crippen LogP contribution in [0.5, 0.6) is 0 Å². The number of thiazole rings is 1. The van der Waals surface area contributed by atoms with E-state index < -0.39 is 17.5 Å². The molecule has 0 bridgehead atoms. The third-order valence-electron chi connectivity index (χ3n) is 3.97. The number of nitrogens with zero attached hydrogens (tertiary/aromatic N) is 2. The van der Waals surface area contributed by atoms with Gasteiger partial charge in [0.1, 0.15) is 5.01 Å². The van der Waals surface area contributed by atoms with E-state index in [9.17, 15) is 18.0 Å². The molecule has 0 aliphatic carbocycles. The Bertz CT molecular complexity index is 542. The summed E-state index contributed by atoms with van der Waals surface area (Å²) >= 11 is 1.49. The molecule has 4 nitrogen and oxygen atoms in total. The maximum absolute atomic E-state index is 13.0. The second kappa shape index (κ2) is 6.06. The zero-order chi connectivity index (χ0) is 16.5. The lowest BCUT2D eigenvalue weighted by atomic mass is 9.73. The largest absolute Gasteiger partial charge is 0.392 e. The minimum absolute atomic E-state index is 0.0553. The third kappa shape index (κ3) is 3.91. The van der Waals surface area contributed by atoms with Crippen LogP contribution in [0.25, 0.3) is 0 Å². The number of carbonyl (C=O) groups is 1. The summed E-state index contributed by atoms with van der Waals surface area (Å²) in [4.78, 5) is 18.8. The molecule has 0 spiro atoms. The van der Waals surface area contributed by atoms with Gasteiger partial charge in [-0.3, -0.25) is 0 Å². The summed E-state index contributed by atoms with van der Waals surface area (Å²) < 4.78 is 39.0. The molecule has 0 radical (unpaired) electrons. The molecule has 1 fully saturated rings. The molecule has 2 amide bonds. The van der Waals surface area contributed by atoms with Crippen molar-refractivity contribution in [2.24, 2.45) is 11.3 Å². The number of hydrogen-bond acceptors (Lipinski definition) is 3. The summed E-state index contributed by atoms with van der Waals surface area (Å²) in [5.41, 5.74) is -0.981. The first-order valence-electron chi connectivity index (χ1n) is 7.10. The summed E-state index contributed by atoms with van der Waals surface area (Å²) in [6.07, 6.45) is -2.55. The molecular weight excluding hydrogens is 315 g/mol. The molecule has 1 aromatic rings. The topological polar surface area (TPSA) is 45.2 Å². The van der Waals surface area contributed by atoms with Crippen LogP contribution in [-0.2, 0) is 6.54 Å². The Hall–Kier alpha value is -1.31. The van der Waals surface area contributed by atoms with Gasteiger partial charge >= 0.3 is 12.2 Å². The molecule has 1 aliphatic rings. The van der Waals surface area contributed by atoms with E-state index in [0.29, 0.717) is 6.54 Å². The Morgan fingerprint density at radius 2 is 2.23 bits per heavy atom.